The zero-order valence-corrected chi connectivity index (χ0v) is 15.1. The van der Waals surface area contributed by atoms with Crippen LogP contribution in [0.1, 0.15) is 18.9 Å². The molecule has 0 radical (unpaired) electrons. The summed E-state index contributed by atoms with van der Waals surface area (Å²) in [4.78, 5) is 0.345. The topological polar surface area (TPSA) is 68.1 Å². The second-order valence-electron chi connectivity index (χ2n) is 6.41. The van der Waals surface area contributed by atoms with Crippen LogP contribution in [-0.2, 0) is 10.0 Å². The van der Waals surface area contributed by atoms with E-state index in [-0.39, 0.29) is 6.04 Å². The monoisotopic (exact) mass is 368 g/mol. The average molecular weight is 368 g/mol. The Kier molecular flexibility index (Phi) is 4.57. The molecule has 1 fully saturated rings. The maximum Gasteiger partial charge on any atom is 0.243 e. The fourth-order valence-corrected chi connectivity index (χ4v) is 4.89. The molecule has 0 unspecified atom stereocenters. The molecule has 0 spiro atoms. The van der Waals surface area contributed by atoms with Crippen LogP contribution in [0.15, 0.2) is 71.9 Å². The molecular formula is C19H20N4O2S. The molecule has 0 aliphatic carbocycles. The van der Waals surface area contributed by atoms with Gasteiger partial charge in [0.05, 0.1) is 17.1 Å². The predicted molar refractivity (Wildman–Crippen MR) is 98.9 cm³/mol. The number of sulfonamides is 1. The number of aromatic nitrogens is 3. The fourth-order valence-electron chi connectivity index (χ4n) is 3.37. The van der Waals surface area contributed by atoms with Crippen molar-refractivity contribution in [1.29, 1.82) is 0 Å². The molecule has 4 rings (SSSR count). The van der Waals surface area contributed by atoms with Crippen LogP contribution >= 0.6 is 0 Å². The number of hydrogen-bond acceptors (Lipinski definition) is 4. The quantitative estimate of drug-likeness (QED) is 0.710. The van der Waals surface area contributed by atoms with E-state index in [1.807, 2.05) is 47.3 Å². The highest BCUT2D eigenvalue weighted by atomic mass is 32.2. The molecule has 1 saturated heterocycles. The smallest absolute Gasteiger partial charge is 0.243 e. The minimum atomic E-state index is -3.50. The van der Waals surface area contributed by atoms with Gasteiger partial charge in [-0.25, -0.2) is 13.1 Å². The van der Waals surface area contributed by atoms with Crippen molar-refractivity contribution in [2.45, 2.75) is 23.8 Å². The van der Waals surface area contributed by atoms with Crippen molar-refractivity contribution < 1.29 is 8.42 Å². The molecule has 1 aliphatic heterocycles. The van der Waals surface area contributed by atoms with E-state index < -0.39 is 10.0 Å². The van der Waals surface area contributed by atoms with Gasteiger partial charge in [0.25, 0.3) is 0 Å². The van der Waals surface area contributed by atoms with Gasteiger partial charge in [0.2, 0.25) is 10.0 Å². The first-order chi connectivity index (χ1) is 12.6. The number of hydrogen-bond donors (Lipinski definition) is 0. The summed E-state index contributed by atoms with van der Waals surface area (Å²) < 4.78 is 29.5. The van der Waals surface area contributed by atoms with Crippen molar-refractivity contribution in [1.82, 2.24) is 19.3 Å². The zero-order valence-electron chi connectivity index (χ0n) is 14.3. The van der Waals surface area contributed by atoms with E-state index in [4.69, 9.17) is 0 Å². The average Bonchev–Trinajstić information content (AvgIpc) is 3.24. The highest BCUT2D eigenvalue weighted by Crippen LogP contribution is 2.28. The van der Waals surface area contributed by atoms with Crippen LogP contribution < -0.4 is 0 Å². The Labute approximate surface area is 153 Å². The van der Waals surface area contributed by atoms with Gasteiger partial charge in [-0.1, -0.05) is 47.7 Å². The van der Waals surface area contributed by atoms with Gasteiger partial charge < -0.3 is 0 Å². The summed E-state index contributed by atoms with van der Waals surface area (Å²) in [5.74, 6) is 0. The Balaban J connectivity index is 1.54. The first kappa shape index (κ1) is 16.9. The van der Waals surface area contributed by atoms with Crippen LogP contribution in [0, 0.1) is 0 Å². The van der Waals surface area contributed by atoms with Crippen molar-refractivity contribution in [2.75, 3.05) is 13.1 Å². The van der Waals surface area contributed by atoms with Crippen molar-refractivity contribution >= 4 is 10.0 Å². The molecule has 7 heteroatoms. The predicted octanol–water partition coefficient (Wildman–Crippen LogP) is 2.97. The van der Waals surface area contributed by atoms with Gasteiger partial charge in [0, 0.05) is 19.3 Å². The number of nitrogens with zero attached hydrogens (tertiary/aromatic N) is 4. The SMILES string of the molecule is O=S(=O)(c1cccc(-c2ccccc2)c1)N1CCC(n2ccnn2)CC1. The lowest BCUT2D eigenvalue weighted by molar-refractivity contribution is 0.258. The molecule has 1 aromatic heterocycles. The second kappa shape index (κ2) is 7.01. The maximum absolute atomic E-state index is 13.1. The minimum Gasteiger partial charge on any atom is -0.249 e. The standard InChI is InChI=1S/C19H20N4O2S/c24-26(25,22-12-9-18(10-13-22)23-14-11-20-21-23)19-8-4-7-17(15-19)16-5-2-1-3-6-16/h1-8,11,14-15,18H,9-10,12-13H2. The van der Waals surface area contributed by atoms with Gasteiger partial charge >= 0.3 is 0 Å². The number of rotatable bonds is 4. The van der Waals surface area contributed by atoms with Crippen LogP contribution in [0.2, 0.25) is 0 Å². The van der Waals surface area contributed by atoms with Crippen LogP contribution in [0.5, 0.6) is 0 Å². The summed E-state index contributed by atoms with van der Waals surface area (Å²) in [6.45, 7) is 0.977. The Bertz CT molecular complexity index is 964. The third-order valence-electron chi connectivity index (χ3n) is 4.82. The molecule has 2 heterocycles. The van der Waals surface area contributed by atoms with Crippen LogP contribution in [0.3, 0.4) is 0 Å². The normalized spacial score (nSPS) is 16.6. The van der Waals surface area contributed by atoms with Crippen LogP contribution in [-0.4, -0.2) is 40.8 Å². The van der Waals surface area contributed by atoms with Crippen LogP contribution in [0.25, 0.3) is 11.1 Å². The van der Waals surface area contributed by atoms with Gasteiger partial charge in [0.15, 0.2) is 0 Å². The largest absolute Gasteiger partial charge is 0.249 e. The molecule has 0 atom stereocenters. The Morgan fingerprint density at radius 3 is 2.35 bits per heavy atom. The van der Waals surface area contributed by atoms with E-state index >= 15 is 0 Å². The summed E-state index contributed by atoms with van der Waals surface area (Å²) in [6, 6.07) is 17.2. The molecule has 0 N–H and O–H groups in total. The molecule has 0 saturated carbocycles. The van der Waals surface area contributed by atoms with Gasteiger partial charge in [0.1, 0.15) is 0 Å². The molecule has 0 amide bonds. The maximum atomic E-state index is 13.1. The summed E-state index contributed by atoms with van der Waals surface area (Å²) in [5.41, 5.74) is 1.92. The lowest BCUT2D eigenvalue weighted by Gasteiger charge is -2.31. The third kappa shape index (κ3) is 3.27. The first-order valence-electron chi connectivity index (χ1n) is 8.66. The van der Waals surface area contributed by atoms with Crippen LogP contribution in [0.4, 0.5) is 0 Å². The summed E-state index contributed by atoms with van der Waals surface area (Å²) >= 11 is 0. The molecule has 2 aromatic carbocycles. The molecule has 134 valence electrons. The van der Waals surface area contributed by atoms with Gasteiger partial charge in [-0.3, -0.25) is 0 Å². The van der Waals surface area contributed by atoms with Gasteiger partial charge in [-0.2, -0.15) is 4.31 Å². The molecule has 6 nitrogen and oxygen atoms in total. The van der Waals surface area contributed by atoms with Gasteiger partial charge in [-0.15, -0.1) is 5.10 Å². The Morgan fingerprint density at radius 1 is 0.923 bits per heavy atom. The Morgan fingerprint density at radius 2 is 1.65 bits per heavy atom. The lowest BCUT2D eigenvalue weighted by Crippen LogP contribution is -2.39. The van der Waals surface area contributed by atoms with Gasteiger partial charge in [-0.05, 0) is 36.1 Å². The summed E-state index contributed by atoms with van der Waals surface area (Å²) in [5, 5.41) is 7.86. The molecular weight excluding hydrogens is 348 g/mol. The second-order valence-corrected chi connectivity index (χ2v) is 8.35. The highest BCUT2D eigenvalue weighted by Gasteiger charge is 2.30. The van der Waals surface area contributed by atoms with E-state index in [1.54, 1.807) is 28.7 Å². The molecule has 0 bridgehead atoms. The van der Waals surface area contributed by atoms with Crippen molar-refractivity contribution in [3.8, 4) is 11.1 Å². The van der Waals surface area contributed by atoms with E-state index in [0.29, 0.717) is 18.0 Å². The van der Waals surface area contributed by atoms with E-state index in [9.17, 15) is 8.42 Å². The molecule has 3 aromatic rings. The van der Waals surface area contributed by atoms with Crippen molar-refractivity contribution in [3.63, 3.8) is 0 Å². The fraction of sp³-hybridized carbons (Fsp3) is 0.263. The number of piperidine rings is 1. The minimum absolute atomic E-state index is 0.208. The summed E-state index contributed by atoms with van der Waals surface area (Å²) in [6.07, 6.45) is 4.96. The first-order valence-corrected chi connectivity index (χ1v) is 10.1. The number of benzene rings is 2. The van der Waals surface area contributed by atoms with E-state index in [2.05, 4.69) is 10.3 Å². The molecule has 26 heavy (non-hydrogen) atoms. The van der Waals surface area contributed by atoms with Crippen molar-refractivity contribution in [3.05, 3.63) is 67.0 Å². The van der Waals surface area contributed by atoms with Crippen molar-refractivity contribution in [2.24, 2.45) is 0 Å². The molecule has 1 aliphatic rings. The highest BCUT2D eigenvalue weighted by molar-refractivity contribution is 7.89. The zero-order chi connectivity index (χ0) is 18.0. The van der Waals surface area contributed by atoms with E-state index in [0.717, 1.165) is 24.0 Å². The summed E-state index contributed by atoms with van der Waals surface area (Å²) in [7, 11) is -3.50. The Hall–Kier alpha value is -2.51. The van der Waals surface area contributed by atoms with E-state index in [1.165, 1.54) is 0 Å². The lowest BCUT2D eigenvalue weighted by atomic mass is 10.1. The third-order valence-corrected chi connectivity index (χ3v) is 6.71.